The average Bonchev–Trinajstić information content (AvgIpc) is 2.87. The maximum Gasteiger partial charge on any atom is 0.119 e. The Bertz CT molecular complexity index is 723. The molecule has 1 saturated carbocycles. The summed E-state index contributed by atoms with van der Waals surface area (Å²) in [5.41, 5.74) is 4.59. The van der Waals surface area contributed by atoms with E-state index < -0.39 is 0 Å². The molecule has 0 heterocycles. The quantitative estimate of drug-likeness (QED) is 0.163. The molecule has 0 N–H and O–H groups in total. The van der Waals surface area contributed by atoms with Crippen molar-refractivity contribution < 1.29 is 14.3 Å². The maximum atomic E-state index is 8.00. The van der Waals surface area contributed by atoms with Crippen molar-refractivity contribution in [1.82, 2.24) is 0 Å². The summed E-state index contributed by atoms with van der Waals surface area (Å²) in [6.45, 7) is 27.7. The van der Waals surface area contributed by atoms with Crippen LogP contribution < -0.4 is 4.74 Å². The van der Waals surface area contributed by atoms with Gasteiger partial charge in [0.25, 0.3) is 0 Å². The summed E-state index contributed by atoms with van der Waals surface area (Å²) in [6, 6.07) is 8.38. The molecular weight excluding hydrogens is 468 g/mol. The van der Waals surface area contributed by atoms with Crippen molar-refractivity contribution in [2.45, 2.75) is 114 Å². The lowest BCUT2D eigenvalue weighted by Crippen LogP contribution is -2.37. The number of benzene rings is 1. The molecule has 0 spiro atoms. The van der Waals surface area contributed by atoms with Crippen LogP contribution in [0.5, 0.6) is 5.75 Å². The number of allylic oxidation sites excluding steroid dienone is 5. The number of hydrogen-bond donors (Lipinski definition) is 0. The van der Waals surface area contributed by atoms with Crippen molar-refractivity contribution in [1.29, 1.82) is 0 Å². The van der Waals surface area contributed by atoms with Crippen LogP contribution in [0.2, 0.25) is 0 Å². The minimum atomic E-state index is 0.659. The van der Waals surface area contributed by atoms with Crippen molar-refractivity contribution in [3.05, 3.63) is 65.8 Å². The molecule has 1 aromatic carbocycles. The zero-order chi connectivity index (χ0) is 30.0. The molecule has 0 amide bonds. The smallest absolute Gasteiger partial charge is 0.119 e. The van der Waals surface area contributed by atoms with Crippen molar-refractivity contribution in [3.8, 4) is 5.75 Å². The van der Waals surface area contributed by atoms with Gasteiger partial charge in [0.2, 0.25) is 0 Å². The van der Waals surface area contributed by atoms with E-state index in [2.05, 4.69) is 90.6 Å². The number of carbonyl (C=O) groups excluding carboxylic acids is 2. The van der Waals surface area contributed by atoms with E-state index in [1.54, 1.807) is 0 Å². The summed E-state index contributed by atoms with van der Waals surface area (Å²) in [6.07, 6.45) is 17.5. The largest absolute Gasteiger partial charge is 0.494 e. The van der Waals surface area contributed by atoms with Crippen LogP contribution in [0.4, 0.5) is 0 Å². The summed E-state index contributed by atoms with van der Waals surface area (Å²) < 4.78 is 5.83. The Hall–Kier alpha value is -2.42. The van der Waals surface area contributed by atoms with Crippen LogP contribution >= 0.6 is 0 Å². The van der Waals surface area contributed by atoms with E-state index in [1.165, 1.54) is 68.1 Å². The molecule has 0 saturated heterocycles. The van der Waals surface area contributed by atoms with Gasteiger partial charge < -0.3 is 14.3 Å². The second-order valence-corrected chi connectivity index (χ2v) is 10.7. The molecule has 218 valence electrons. The Morgan fingerprint density at radius 3 is 1.82 bits per heavy atom. The SMILES string of the molecule is C/C=C(\C=C\C)C(C)C.C=C(C)C.C=O.C=O.CCCC1(CCC)CC(CCCOc2ccc(C)cc2)C1. The highest BCUT2D eigenvalue weighted by Gasteiger charge is 2.41. The summed E-state index contributed by atoms with van der Waals surface area (Å²) in [7, 11) is 0. The van der Waals surface area contributed by atoms with Gasteiger partial charge in [0.1, 0.15) is 19.3 Å². The highest BCUT2D eigenvalue weighted by atomic mass is 16.5. The van der Waals surface area contributed by atoms with Crippen LogP contribution in [-0.2, 0) is 9.59 Å². The second-order valence-electron chi connectivity index (χ2n) is 10.7. The summed E-state index contributed by atoms with van der Waals surface area (Å²) in [5, 5.41) is 0. The van der Waals surface area contributed by atoms with Crippen molar-refractivity contribution in [2.24, 2.45) is 17.3 Å². The van der Waals surface area contributed by atoms with Gasteiger partial charge in [0.05, 0.1) is 6.61 Å². The van der Waals surface area contributed by atoms with E-state index >= 15 is 0 Å². The fourth-order valence-corrected chi connectivity index (χ4v) is 4.97. The van der Waals surface area contributed by atoms with Gasteiger partial charge in [-0.15, -0.1) is 6.58 Å². The molecule has 38 heavy (non-hydrogen) atoms. The highest BCUT2D eigenvalue weighted by molar-refractivity contribution is 5.26. The zero-order valence-corrected chi connectivity index (χ0v) is 26.4. The van der Waals surface area contributed by atoms with Gasteiger partial charge in [-0.05, 0) is 103 Å². The standard InChI is InChI=1S/C20H32O.C9H16.C4H8.2CH2O/c1-4-12-20(13-5-2)15-18(16-20)7-6-14-21-19-10-8-17(3)9-11-19;1-5-7-9(6-2)8(3)4;1-4(2)3;2*1-2/h8-11,18H,4-7,12-16H2,1-3H3;5-8H,1-4H3;1H2,2-3H3;2*1H2/b;7-5+,9-6+;;;. The minimum Gasteiger partial charge on any atom is -0.494 e. The Morgan fingerprint density at radius 1 is 1.00 bits per heavy atom. The number of ether oxygens (including phenoxy) is 1. The molecule has 0 aromatic heterocycles. The molecule has 0 aliphatic heterocycles. The van der Waals surface area contributed by atoms with Gasteiger partial charge in [-0.2, -0.15) is 0 Å². The number of aryl methyl sites for hydroxylation is 1. The normalized spacial score (nSPS) is 13.8. The van der Waals surface area contributed by atoms with E-state index in [9.17, 15) is 0 Å². The van der Waals surface area contributed by atoms with Crippen molar-refractivity contribution in [2.75, 3.05) is 6.61 Å². The predicted octanol–water partition coefficient (Wildman–Crippen LogP) is 10.5. The molecule has 0 atom stereocenters. The Balaban J connectivity index is -0.000000600. The van der Waals surface area contributed by atoms with Crippen LogP contribution in [0, 0.1) is 24.2 Å². The predicted molar refractivity (Wildman–Crippen MR) is 169 cm³/mol. The lowest BCUT2D eigenvalue weighted by Gasteiger charge is -2.48. The van der Waals surface area contributed by atoms with E-state index in [1.807, 2.05) is 34.3 Å². The second kappa shape index (κ2) is 26.2. The first kappa shape index (κ1) is 40.1. The number of rotatable bonds is 11. The summed E-state index contributed by atoms with van der Waals surface area (Å²) >= 11 is 0. The molecule has 1 aliphatic rings. The first-order valence-corrected chi connectivity index (χ1v) is 14.3. The van der Waals surface area contributed by atoms with E-state index in [0.717, 1.165) is 18.3 Å². The third kappa shape index (κ3) is 20.6. The minimum absolute atomic E-state index is 0.659. The molecular formula is C35H60O3. The zero-order valence-electron chi connectivity index (χ0n) is 26.4. The topological polar surface area (TPSA) is 43.4 Å². The molecule has 0 radical (unpaired) electrons. The van der Waals surface area contributed by atoms with Gasteiger partial charge in [-0.1, -0.05) is 87.6 Å². The maximum absolute atomic E-state index is 8.00. The Morgan fingerprint density at radius 2 is 1.47 bits per heavy atom. The van der Waals surface area contributed by atoms with Gasteiger partial charge in [-0.3, -0.25) is 0 Å². The van der Waals surface area contributed by atoms with Gasteiger partial charge in [0.15, 0.2) is 0 Å². The molecule has 0 unspecified atom stereocenters. The van der Waals surface area contributed by atoms with E-state index in [4.69, 9.17) is 14.3 Å². The lowest BCUT2D eigenvalue weighted by atomic mass is 9.57. The van der Waals surface area contributed by atoms with Crippen LogP contribution in [0.15, 0.2) is 60.2 Å². The molecule has 0 bridgehead atoms. The van der Waals surface area contributed by atoms with Gasteiger partial charge in [0, 0.05) is 0 Å². The number of carbonyl (C=O) groups is 2. The lowest BCUT2D eigenvalue weighted by molar-refractivity contribution is -0.0987. The first-order chi connectivity index (χ1) is 18.1. The van der Waals surface area contributed by atoms with Gasteiger partial charge in [-0.25, -0.2) is 0 Å². The van der Waals surface area contributed by atoms with Crippen LogP contribution in [0.1, 0.15) is 112 Å². The molecule has 1 aliphatic carbocycles. The third-order valence-electron chi connectivity index (χ3n) is 6.41. The molecule has 3 nitrogen and oxygen atoms in total. The summed E-state index contributed by atoms with van der Waals surface area (Å²) in [5.74, 6) is 2.64. The van der Waals surface area contributed by atoms with E-state index in [-0.39, 0.29) is 0 Å². The van der Waals surface area contributed by atoms with Crippen molar-refractivity contribution in [3.63, 3.8) is 0 Å². The van der Waals surface area contributed by atoms with Crippen LogP contribution in [0.3, 0.4) is 0 Å². The van der Waals surface area contributed by atoms with Crippen molar-refractivity contribution >= 4 is 13.6 Å². The van der Waals surface area contributed by atoms with E-state index in [0.29, 0.717) is 11.3 Å². The highest BCUT2D eigenvalue weighted by Crippen LogP contribution is 2.53. The van der Waals surface area contributed by atoms with Crippen LogP contribution in [0.25, 0.3) is 0 Å². The molecule has 3 heteroatoms. The summed E-state index contributed by atoms with van der Waals surface area (Å²) in [4.78, 5) is 16.0. The first-order valence-electron chi connectivity index (χ1n) is 14.3. The monoisotopic (exact) mass is 528 g/mol. The average molecular weight is 529 g/mol. The molecule has 2 rings (SSSR count). The van der Waals surface area contributed by atoms with Gasteiger partial charge >= 0.3 is 0 Å². The fraction of sp³-hybridized carbons (Fsp3) is 0.600. The molecule has 1 aromatic rings. The Labute approximate surface area is 236 Å². The number of hydrogen-bond acceptors (Lipinski definition) is 3. The fourth-order valence-electron chi connectivity index (χ4n) is 4.97. The Kier molecular flexibility index (Phi) is 27.6. The third-order valence-corrected chi connectivity index (χ3v) is 6.41. The molecule has 1 fully saturated rings. The van der Waals surface area contributed by atoms with Crippen LogP contribution in [-0.4, -0.2) is 20.2 Å².